The van der Waals surface area contributed by atoms with Gasteiger partial charge in [0.05, 0.1) is 19.6 Å². The number of hydrogen-bond acceptors (Lipinski definition) is 4. The second kappa shape index (κ2) is 10.3. The van der Waals surface area contributed by atoms with E-state index in [0.717, 1.165) is 5.56 Å². The molecular weight excluding hydrogens is 410 g/mol. The molecule has 6 heteroatoms. The molecule has 19 heavy (non-hydrogen) atoms. The molecule has 0 amide bonds. The number of methoxy groups -OCH3 is 1. The smallest absolute Gasteiger partial charge is 0.307 e. The average molecular weight is 427 g/mol. The molecule has 1 aromatic rings. The van der Waals surface area contributed by atoms with Gasteiger partial charge < -0.3 is 9.84 Å². The van der Waals surface area contributed by atoms with Gasteiger partial charge in [-0.15, -0.1) is 24.0 Å². The molecule has 0 heterocycles. The van der Waals surface area contributed by atoms with Crippen LogP contribution < -0.4 is 5.11 Å². The maximum absolute atomic E-state index is 11.7. The van der Waals surface area contributed by atoms with Gasteiger partial charge >= 0.3 is 5.97 Å². The summed E-state index contributed by atoms with van der Waals surface area (Å²) in [5.74, 6) is -0.792. The topological polar surface area (TPSA) is 61.7 Å². The van der Waals surface area contributed by atoms with E-state index in [2.05, 4.69) is 16.7 Å². The zero-order valence-electron chi connectivity index (χ0n) is 11.1. The fourth-order valence-corrected chi connectivity index (χ4v) is 1.26. The molecule has 0 aliphatic heterocycles. The molecule has 4 nitrogen and oxygen atoms in total. The molecule has 0 aliphatic rings. The minimum atomic E-state index is -0.615. The van der Waals surface area contributed by atoms with Gasteiger partial charge in [0, 0.05) is 19.5 Å². The molecule has 1 rings (SSSR count). The van der Waals surface area contributed by atoms with E-state index < -0.39 is 12.0 Å². The Kier molecular flexibility index (Phi) is 11.3. The zero-order valence-corrected chi connectivity index (χ0v) is 16.4. The van der Waals surface area contributed by atoms with Crippen molar-refractivity contribution in [3.63, 3.8) is 0 Å². The van der Waals surface area contributed by atoms with Gasteiger partial charge in [-0.1, -0.05) is 29.8 Å². The SMILES string of the molecule is I.[CH2][C@H](CC(=O)OC)N=C([O-])c1ccc(C)cc1.[Zn]. The predicted molar refractivity (Wildman–Crippen MR) is 78.9 cm³/mol. The van der Waals surface area contributed by atoms with Crippen molar-refractivity contribution < 1.29 is 34.1 Å². The van der Waals surface area contributed by atoms with Crippen LogP contribution in [0.3, 0.4) is 0 Å². The first kappa shape index (κ1) is 20.8. The normalized spacial score (nSPS) is 11.8. The summed E-state index contributed by atoms with van der Waals surface area (Å²) in [7, 11) is 1.29. The summed E-state index contributed by atoms with van der Waals surface area (Å²) < 4.78 is 4.47. The summed E-state index contributed by atoms with van der Waals surface area (Å²) in [5.41, 5.74) is 1.57. The van der Waals surface area contributed by atoms with Crippen molar-refractivity contribution in [1.29, 1.82) is 0 Å². The Balaban J connectivity index is 0. The summed E-state index contributed by atoms with van der Waals surface area (Å²) in [4.78, 5) is 14.8. The van der Waals surface area contributed by atoms with Crippen LogP contribution in [0.4, 0.5) is 0 Å². The number of rotatable bonds is 4. The van der Waals surface area contributed by atoms with E-state index in [4.69, 9.17) is 0 Å². The fourth-order valence-electron chi connectivity index (χ4n) is 1.26. The number of esters is 1. The summed E-state index contributed by atoms with van der Waals surface area (Å²) >= 11 is 0. The van der Waals surface area contributed by atoms with E-state index in [0.29, 0.717) is 5.56 Å². The van der Waals surface area contributed by atoms with Crippen molar-refractivity contribution in [2.45, 2.75) is 19.4 Å². The van der Waals surface area contributed by atoms with Gasteiger partial charge in [-0.25, -0.2) is 0 Å². The number of aryl methyl sites for hydroxylation is 1. The van der Waals surface area contributed by atoms with Crippen molar-refractivity contribution in [2.24, 2.45) is 4.99 Å². The first-order valence-electron chi connectivity index (χ1n) is 5.24. The Morgan fingerprint density at radius 1 is 1.42 bits per heavy atom. The van der Waals surface area contributed by atoms with Crippen LogP contribution in [-0.4, -0.2) is 25.0 Å². The first-order chi connectivity index (χ1) is 8.02. The van der Waals surface area contributed by atoms with E-state index in [1.54, 1.807) is 12.1 Å². The summed E-state index contributed by atoms with van der Waals surface area (Å²) in [6.45, 7) is 5.56. The molecule has 0 bridgehead atoms. The van der Waals surface area contributed by atoms with E-state index in [9.17, 15) is 9.90 Å². The van der Waals surface area contributed by atoms with Gasteiger partial charge in [-0.3, -0.25) is 9.79 Å². The summed E-state index contributed by atoms with van der Waals surface area (Å²) in [6.07, 6.45) is 0.00804. The third-order valence-electron chi connectivity index (χ3n) is 2.23. The predicted octanol–water partition coefficient (Wildman–Crippen LogP) is 1.48. The molecule has 0 unspecified atom stereocenters. The number of nitrogens with zero attached hydrogens (tertiary/aromatic N) is 1. The maximum Gasteiger partial charge on any atom is 0.307 e. The van der Waals surface area contributed by atoms with Gasteiger partial charge in [0.2, 0.25) is 0 Å². The van der Waals surface area contributed by atoms with E-state index in [1.807, 2.05) is 19.1 Å². The summed E-state index contributed by atoms with van der Waals surface area (Å²) in [6, 6.07) is 6.46. The molecule has 0 aliphatic carbocycles. The standard InChI is InChI=1S/C13H16NO3.HI.Zn/c1-9-4-6-11(7-5-9)13(16)14-10(2)8-12(15)17-3;;/h4-7,10H,2,8H2,1,3H3,(H,14,16);1H;/p-1/t10-;;/m1../s1. The molecule has 1 aromatic carbocycles. The van der Waals surface area contributed by atoms with Gasteiger partial charge in [-0.05, 0) is 25.3 Å². The van der Waals surface area contributed by atoms with Crippen LogP contribution in [0.5, 0.6) is 0 Å². The number of ether oxygens (including phenoxy) is 1. The quantitative estimate of drug-likeness (QED) is 0.241. The third kappa shape index (κ3) is 7.62. The van der Waals surface area contributed by atoms with Crippen LogP contribution in [0.1, 0.15) is 17.5 Å². The largest absolute Gasteiger partial charge is 0.858 e. The van der Waals surface area contributed by atoms with Crippen molar-refractivity contribution in [2.75, 3.05) is 7.11 Å². The van der Waals surface area contributed by atoms with Gasteiger partial charge in [0.1, 0.15) is 0 Å². The fraction of sp³-hybridized carbons (Fsp3) is 0.308. The van der Waals surface area contributed by atoms with Crippen molar-refractivity contribution in [3.8, 4) is 0 Å². The Morgan fingerprint density at radius 3 is 2.42 bits per heavy atom. The first-order valence-corrected chi connectivity index (χ1v) is 5.24. The molecular formula is C13H16INO3Zn-. The number of benzene rings is 1. The molecule has 1 radical (unpaired) electrons. The number of aliphatic imine (C=N–C) groups is 1. The minimum Gasteiger partial charge on any atom is -0.858 e. The molecule has 1 atom stereocenters. The Morgan fingerprint density at radius 2 is 1.95 bits per heavy atom. The number of hydrogen-bond donors (Lipinski definition) is 0. The van der Waals surface area contributed by atoms with Crippen LogP contribution >= 0.6 is 24.0 Å². The Labute approximate surface area is 143 Å². The van der Waals surface area contributed by atoms with Crippen LogP contribution in [0, 0.1) is 13.8 Å². The van der Waals surface area contributed by atoms with E-state index >= 15 is 0 Å². The maximum atomic E-state index is 11.7. The van der Waals surface area contributed by atoms with Gasteiger partial charge in [0.15, 0.2) is 0 Å². The van der Waals surface area contributed by atoms with E-state index in [-0.39, 0.29) is 55.8 Å². The molecule has 0 spiro atoms. The Bertz CT molecular complexity index is 420. The molecule has 101 valence electrons. The summed E-state index contributed by atoms with van der Waals surface area (Å²) in [5, 5.41) is 11.7. The molecule has 0 N–H and O–H groups in total. The van der Waals surface area contributed by atoms with Crippen LogP contribution in [-0.2, 0) is 29.0 Å². The zero-order chi connectivity index (χ0) is 12.8. The number of carbonyl (C=O) groups excluding carboxylic acids is 1. The number of carbonyl (C=O) groups is 1. The second-order valence-corrected chi connectivity index (χ2v) is 3.73. The molecule has 0 aromatic heterocycles. The monoisotopic (exact) mass is 425 g/mol. The molecule has 0 fully saturated rings. The average Bonchev–Trinajstić information content (AvgIpc) is 2.29. The molecule has 0 saturated heterocycles. The van der Waals surface area contributed by atoms with Crippen molar-refractivity contribution >= 4 is 35.8 Å². The minimum absolute atomic E-state index is 0. The van der Waals surface area contributed by atoms with Crippen LogP contribution in [0.2, 0.25) is 0 Å². The third-order valence-corrected chi connectivity index (χ3v) is 2.23. The Hall–Kier alpha value is -0.487. The number of halogens is 1. The van der Waals surface area contributed by atoms with Gasteiger partial charge in [0.25, 0.3) is 0 Å². The van der Waals surface area contributed by atoms with Crippen LogP contribution in [0.15, 0.2) is 29.3 Å². The molecule has 0 saturated carbocycles. The van der Waals surface area contributed by atoms with Crippen molar-refractivity contribution in [1.82, 2.24) is 0 Å². The van der Waals surface area contributed by atoms with Crippen LogP contribution in [0.25, 0.3) is 0 Å². The van der Waals surface area contributed by atoms with Crippen molar-refractivity contribution in [3.05, 3.63) is 42.3 Å². The second-order valence-electron chi connectivity index (χ2n) is 3.73. The van der Waals surface area contributed by atoms with Gasteiger partial charge in [-0.2, -0.15) is 0 Å². The van der Waals surface area contributed by atoms with E-state index in [1.165, 1.54) is 7.11 Å².